The maximum absolute atomic E-state index is 13.7. The molecule has 0 saturated carbocycles. The van der Waals surface area contributed by atoms with Crippen molar-refractivity contribution >= 4 is 0 Å². The SMILES string of the molecule is CC.CCC1CC(F)C(n2cc(C)c(=O)[nH]c2=O)O1. The van der Waals surface area contributed by atoms with Crippen molar-refractivity contribution in [2.75, 3.05) is 0 Å². The number of halogens is 1. The average Bonchev–Trinajstić information content (AvgIpc) is 2.77. The van der Waals surface area contributed by atoms with E-state index in [1.54, 1.807) is 6.92 Å². The maximum atomic E-state index is 13.7. The van der Waals surface area contributed by atoms with Crippen molar-refractivity contribution in [3.05, 3.63) is 32.6 Å². The average molecular weight is 272 g/mol. The molecule has 2 rings (SSSR count). The fraction of sp³-hybridized carbons (Fsp3) is 0.692. The first-order chi connectivity index (χ1) is 9.02. The molecule has 0 spiro atoms. The van der Waals surface area contributed by atoms with Gasteiger partial charge in [0.1, 0.15) is 6.17 Å². The third-order valence-electron chi connectivity index (χ3n) is 3.00. The Balaban J connectivity index is 0.000000861. The van der Waals surface area contributed by atoms with E-state index < -0.39 is 23.6 Å². The number of H-pyrrole nitrogens is 1. The Kier molecular flexibility index (Phi) is 5.47. The van der Waals surface area contributed by atoms with Crippen LogP contribution < -0.4 is 11.2 Å². The molecule has 0 aromatic carbocycles. The minimum atomic E-state index is -1.22. The predicted octanol–water partition coefficient (Wildman–Crippen LogP) is 1.91. The number of aryl methyl sites for hydroxylation is 1. The number of aromatic nitrogens is 2. The molecule has 1 fully saturated rings. The van der Waals surface area contributed by atoms with Gasteiger partial charge in [0.15, 0.2) is 6.23 Å². The summed E-state index contributed by atoms with van der Waals surface area (Å²) in [6.45, 7) is 7.47. The molecule has 1 aliphatic rings. The van der Waals surface area contributed by atoms with Crippen LogP contribution in [-0.2, 0) is 4.74 Å². The standard InChI is InChI=1S/C11H15FN2O3.C2H6/c1-3-7-4-8(12)10(17-7)14-5-6(2)9(15)13-11(14)16;1-2/h5,7-8,10H,3-4H2,1-2H3,(H,13,15,16);1-2H3. The molecule has 1 saturated heterocycles. The van der Waals surface area contributed by atoms with E-state index in [0.29, 0.717) is 12.0 Å². The molecular weight excluding hydrogens is 251 g/mol. The molecular formula is C13H21FN2O3. The molecule has 0 amide bonds. The number of hydrogen-bond donors (Lipinski definition) is 1. The van der Waals surface area contributed by atoms with Gasteiger partial charge in [0.05, 0.1) is 6.10 Å². The number of nitrogens with one attached hydrogen (secondary N) is 1. The van der Waals surface area contributed by atoms with E-state index in [0.717, 1.165) is 4.57 Å². The summed E-state index contributed by atoms with van der Waals surface area (Å²) in [5.74, 6) is 0. The quantitative estimate of drug-likeness (QED) is 0.894. The van der Waals surface area contributed by atoms with Crippen LogP contribution in [0.1, 0.15) is 45.4 Å². The Morgan fingerprint density at radius 1 is 1.47 bits per heavy atom. The summed E-state index contributed by atoms with van der Waals surface area (Å²) in [5, 5.41) is 0. The van der Waals surface area contributed by atoms with E-state index in [1.807, 2.05) is 20.8 Å². The minimum Gasteiger partial charge on any atom is -0.351 e. The molecule has 0 bridgehead atoms. The van der Waals surface area contributed by atoms with E-state index in [2.05, 4.69) is 4.98 Å². The highest BCUT2D eigenvalue weighted by molar-refractivity contribution is 5.02. The first-order valence-corrected chi connectivity index (χ1v) is 6.64. The van der Waals surface area contributed by atoms with Gasteiger partial charge in [0, 0.05) is 18.2 Å². The lowest BCUT2D eigenvalue weighted by Crippen LogP contribution is -2.35. The van der Waals surface area contributed by atoms with Gasteiger partial charge in [-0.3, -0.25) is 14.3 Å². The highest BCUT2D eigenvalue weighted by Crippen LogP contribution is 2.31. The molecule has 6 heteroatoms. The molecule has 2 heterocycles. The Morgan fingerprint density at radius 3 is 2.63 bits per heavy atom. The second-order valence-electron chi connectivity index (χ2n) is 4.29. The summed E-state index contributed by atoms with van der Waals surface area (Å²) in [5.41, 5.74) is -0.725. The fourth-order valence-electron chi connectivity index (χ4n) is 1.98. The lowest BCUT2D eigenvalue weighted by Gasteiger charge is -2.16. The van der Waals surface area contributed by atoms with Gasteiger partial charge in [-0.1, -0.05) is 20.8 Å². The van der Waals surface area contributed by atoms with Gasteiger partial charge in [-0.2, -0.15) is 0 Å². The molecule has 1 aliphatic heterocycles. The van der Waals surface area contributed by atoms with Crippen LogP contribution in [0.25, 0.3) is 0 Å². The predicted molar refractivity (Wildman–Crippen MR) is 71.1 cm³/mol. The maximum Gasteiger partial charge on any atom is 0.330 e. The van der Waals surface area contributed by atoms with Crippen molar-refractivity contribution in [1.82, 2.24) is 9.55 Å². The van der Waals surface area contributed by atoms with Crippen molar-refractivity contribution in [2.45, 2.75) is 59.0 Å². The Bertz CT molecular complexity index is 523. The van der Waals surface area contributed by atoms with Crippen LogP contribution in [0, 0.1) is 6.92 Å². The topological polar surface area (TPSA) is 64.1 Å². The first-order valence-electron chi connectivity index (χ1n) is 6.64. The third kappa shape index (κ3) is 3.32. The monoisotopic (exact) mass is 272 g/mol. The van der Waals surface area contributed by atoms with E-state index in [1.165, 1.54) is 6.20 Å². The summed E-state index contributed by atoms with van der Waals surface area (Å²) in [6.07, 6.45) is 0.0102. The van der Waals surface area contributed by atoms with E-state index in [9.17, 15) is 14.0 Å². The van der Waals surface area contributed by atoms with Crippen molar-refractivity contribution < 1.29 is 9.13 Å². The zero-order valence-corrected chi connectivity index (χ0v) is 11.8. The molecule has 3 atom stereocenters. The molecule has 0 aliphatic carbocycles. The largest absolute Gasteiger partial charge is 0.351 e. The fourth-order valence-corrected chi connectivity index (χ4v) is 1.98. The number of rotatable bonds is 2. The summed E-state index contributed by atoms with van der Waals surface area (Å²) in [7, 11) is 0. The first kappa shape index (κ1) is 15.6. The van der Waals surface area contributed by atoms with Gasteiger partial charge in [0.25, 0.3) is 5.56 Å². The number of hydrogen-bond acceptors (Lipinski definition) is 3. The van der Waals surface area contributed by atoms with Crippen molar-refractivity contribution in [3.63, 3.8) is 0 Å². The number of ether oxygens (including phenoxy) is 1. The van der Waals surface area contributed by atoms with Crippen LogP contribution in [0.4, 0.5) is 4.39 Å². The lowest BCUT2D eigenvalue weighted by atomic mass is 10.2. The summed E-state index contributed by atoms with van der Waals surface area (Å²) < 4.78 is 20.3. The van der Waals surface area contributed by atoms with Crippen molar-refractivity contribution in [1.29, 1.82) is 0 Å². The minimum absolute atomic E-state index is 0.172. The molecule has 108 valence electrons. The molecule has 5 nitrogen and oxygen atoms in total. The van der Waals surface area contributed by atoms with E-state index >= 15 is 0 Å². The highest BCUT2D eigenvalue weighted by Gasteiger charge is 2.36. The van der Waals surface area contributed by atoms with Gasteiger partial charge in [-0.05, 0) is 13.3 Å². The molecule has 1 aromatic rings. The van der Waals surface area contributed by atoms with Crippen LogP contribution >= 0.6 is 0 Å². The molecule has 1 aromatic heterocycles. The zero-order valence-electron chi connectivity index (χ0n) is 11.8. The van der Waals surface area contributed by atoms with Crippen LogP contribution in [0.15, 0.2) is 15.8 Å². The van der Waals surface area contributed by atoms with Gasteiger partial charge in [-0.15, -0.1) is 0 Å². The summed E-state index contributed by atoms with van der Waals surface area (Å²) in [4.78, 5) is 24.9. The number of aromatic amines is 1. The van der Waals surface area contributed by atoms with Gasteiger partial charge in [0.2, 0.25) is 0 Å². The van der Waals surface area contributed by atoms with Crippen LogP contribution in [0.3, 0.4) is 0 Å². The zero-order chi connectivity index (χ0) is 14.6. The van der Waals surface area contributed by atoms with Crippen molar-refractivity contribution in [2.24, 2.45) is 0 Å². The van der Waals surface area contributed by atoms with Gasteiger partial charge < -0.3 is 4.74 Å². The Morgan fingerprint density at radius 2 is 2.11 bits per heavy atom. The van der Waals surface area contributed by atoms with Crippen LogP contribution in [0.5, 0.6) is 0 Å². The van der Waals surface area contributed by atoms with Gasteiger partial charge >= 0.3 is 5.69 Å². The highest BCUT2D eigenvalue weighted by atomic mass is 19.1. The molecule has 3 unspecified atom stereocenters. The van der Waals surface area contributed by atoms with E-state index in [4.69, 9.17) is 4.74 Å². The summed E-state index contributed by atoms with van der Waals surface area (Å²) in [6, 6.07) is 0. The number of alkyl halides is 1. The molecule has 0 radical (unpaired) electrons. The smallest absolute Gasteiger partial charge is 0.330 e. The third-order valence-corrected chi connectivity index (χ3v) is 3.00. The molecule has 1 N–H and O–H groups in total. The van der Waals surface area contributed by atoms with E-state index in [-0.39, 0.29) is 12.5 Å². The van der Waals surface area contributed by atoms with Crippen LogP contribution in [-0.4, -0.2) is 21.8 Å². The number of nitrogens with zero attached hydrogens (tertiary/aromatic N) is 1. The van der Waals surface area contributed by atoms with Crippen LogP contribution in [0.2, 0.25) is 0 Å². The summed E-state index contributed by atoms with van der Waals surface area (Å²) >= 11 is 0. The van der Waals surface area contributed by atoms with Crippen molar-refractivity contribution in [3.8, 4) is 0 Å². The second kappa shape index (κ2) is 6.65. The Hall–Kier alpha value is -1.43. The molecule has 19 heavy (non-hydrogen) atoms. The second-order valence-corrected chi connectivity index (χ2v) is 4.29. The normalized spacial score (nSPS) is 25.8. The Labute approximate surface area is 111 Å². The lowest BCUT2D eigenvalue weighted by molar-refractivity contribution is -0.0224. The van der Waals surface area contributed by atoms with Gasteiger partial charge in [-0.25, -0.2) is 9.18 Å².